The number of hydrogen-bond donors (Lipinski definition) is 0. The first-order valence-corrected chi connectivity index (χ1v) is 1.72. The number of allylic oxidation sites excluding steroid dienone is 2. The standard InChI is InChI=1S/C4H2F3N/c5-1-3(6)4(7)2-8/h1H2/b4-3+. The highest BCUT2D eigenvalue weighted by atomic mass is 19.2. The molecule has 4 heteroatoms. The molecule has 0 aromatic heterocycles. The van der Waals surface area contributed by atoms with E-state index in [1.807, 2.05) is 0 Å². The van der Waals surface area contributed by atoms with Crippen LogP contribution in [0.15, 0.2) is 11.7 Å². The summed E-state index contributed by atoms with van der Waals surface area (Å²) in [4.78, 5) is 0. The molecule has 0 saturated heterocycles. The normalized spacial score (nSPS) is 12.2. The summed E-state index contributed by atoms with van der Waals surface area (Å²) in [6.45, 7) is -1.56. The number of rotatable bonds is 1. The van der Waals surface area contributed by atoms with E-state index in [0.717, 1.165) is 6.07 Å². The van der Waals surface area contributed by atoms with Crippen LogP contribution in [0.2, 0.25) is 0 Å². The average Bonchev–Trinajstić information content (AvgIpc) is 1.84. The molecule has 0 N–H and O–H groups in total. The van der Waals surface area contributed by atoms with E-state index in [-0.39, 0.29) is 0 Å². The summed E-state index contributed by atoms with van der Waals surface area (Å²) >= 11 is 0. The second-order valence-corrected chi connectivity index (χ2v) is 0.964. The van der Waals surface area contributed by atoms with Gasteiger partial charge in [-0.25, -0.2) is 8.78 Å². The van der Waals surface area contributed by atoms with E-state index in [9.17, 15) is 13.2 Å². The summed E-state index contributed by atoms with van der Waals surface area (Å²) in [5.41, 5.74) is 0. The number of alkyl halides is 1. The second-order valence-electron chi connectivity index (χ2n) is 0.964. The van der Waals surface area contributed by atoms with Crippen molar-refractivity contribution in [2.24, 2.45) is 0 Å². The van der Waals surface area contributed by atoms with Crippen molar-refractivity contribution in [3.63, 3.8) is 0 Å². The van der Waals surface area contributed by atoms with Crippen LogP contribution in [0.4, 0.5) is 13.2 Å². The van der Waals surface area contributed by atoms with E-state index < -0.39 is 18.3 Å². The zero-order chi connectivity index (χ0) is 6.57. The van der Waals surface area contributed by atoms with E-state index >= 15 is 0 Å². The summed E-state index contributed by atoms with van der Waals surface area (Å²) in [7, 11) is 0. The highest BCUT2D eigenvalue weighted by molar-refractivity contribution is 5.16. The van der Waals surface area contributed by atoms with Crippen molar-refractivity contribution < 1.29 is 13.2 Å². The van der Waals surface area contributed by atoms with Gasteiger partial charge in [-0.15, -0.1) is 0 Å². The van der Waals surface area contributed by atoms with Crippen molar-refractivity contribution in [3.8, 4) is 6.07 Å². The van der Waals surface area contributed by atoms with Crippen molar-refractivity contribution in [2.75, 3.05) is 6.67 Å². The van der Waals surface area contributed by atoms with Gasteiger partial charge < -0.3 is 0 Å². The van der Waals surface area contributed by atoms with Crippen LogP contribution < -0.4 is 0 Å². The Hall–Kier alpha value is -0.980. The fourth-order valence-corrected chi connectivity index (χ4v) is 0.119. The predicted octanol–water partition coefficient (Wildman–Crippen LogP) is 1.63. The molecule has 0 aromatic rings. The SMILES string of the molecule is N#C/C(F)=C(\F)CF. The lowest BCUT2D eigenvalue weighted by Gasteiger charge is -1.80. The van der Waals surface area contributed by atoms with Gasteiger partial charge in [0.1, 0.15) is 12.7 Å². The molecule has 8 heavy (non-hydrogen) atoms. The van der Waals surface area contributed by atoms with Crippen molar-refractivity contribution in [2.45, 2.75) is 0 Å². The molecule has 0 amide bonds. The first kappa shape index (κ1) is 7.02. The Labute approximate surface area is 44.0 Å². The fourth-order valence-electron chi connectivity index (χ4n) is 0.119. The van der Waals surface area contributed by atoms with E-state index in [1.54, 1.807) is 0 Å². The largest absolute Gasteiger partial charge is 0.243 e. The lowest BCUT2D eigenvalue weighted by molar-refractivity contribution is 0.435. The number of nitriles is 1. The Bertz CT molecular complexity index is 144. The number of halogens is 3. The first-order valence-electron chi connectivity index (χ1n) is 1.72. The molecule has 0 bridgehead atoms. The molecule has 0 saturated carbocycles. The van der Waals surface area contributed by atoms with Crippen LogP contribution >= 0.6 is 0 Å². The topological polar surface area (TPSA) is 23.8 Å². The van der Waals surface area contributed by atoms with Gasteiger partial charge in [0.15, 0.2) is 5.83 Å². The van der Waals surface area contributed by atoms with Gasteiger partial charge in [0.2, 0.25) is 5.83 Å². The molecule has 0 unspecified atom stereocenters. The highest BCUT2D eigenvalue weighted by Gasteiger charge is 2.01. The molecule has 0 heterocycles. The Morgan fingerprint density at radius 2 is 2.00 bits per heavy atom. The van der Waals surface area contributed by atoms with Gasteiger partial charge >= 0.3 is 0 Å². The third kappa shape index (κ3) is 1.65. The Morgan fingerprint density at radius 1 is 1.50 bits per heavy atom. The lowest BCUT2D eigenvalue weighted by atomic mass is 10.5. The molecule has 0 atom stereocenters. The Morgan fingerprint density at radius 3 is 2.12 bits per heavy atom. The van der Waals surface area contributed by atoms with Crippen molar-refractivity contribution in [1.82, 2.24) is 0 Å². The predicted molar refractivity (Wildman–Crippen MR) is 20.8 cm³/mol. The van der Waals surface area contributed by atoms with Crippen LogP contribution in [0.5, 0.6) is 0 Å². The minimum absolute atomic E-state index is 0.814. The van der Waals surface area contributed by atoms with Crippen LogP contribution in [0.3, 0.4) is 0 Å². The molecule has 0 aliphatic carbocycles. The van der Waals surface area contributed by atoms with Gasteiger partial charge in [0.05, 0.1) is 0 Å². The quantitative estimate of drug-likeness (QED) is 0.483. The van der Waals surface area contributed by atoms with Gasteiger partial charge in [0, 0.05) is 0 Å². The van der Waals surface area contributed by atoms with Gasteiger partial charge in [0.25, 0.3) is 0 Å². The average molecular weight is 121 g/mol. The molecule has 0 aromatic carbocycles. The van der Waals surface area contributed by atoms with Crippen LogP contribution in [0.25, 0.3) is 0 Å². The monoisotopic (exact) mass is 121 g/mol. The summed E-state index contributed by atoms with van der Waals surface area (Å²) < 4.78 is 33.9. The molecule has 0 rings (SSSR count). The molecular weight excluding hydrogens is 119 g/mol. The van der Waals surface area contributed by atoms with Crippen LogP contribution in [-0.4, -0.2) is 6.67 Å². The van der Waals surface area contributed by atoms with Gasteiger partial charge in [-0.2, -0.15) is 9.65 Å². The minimum atomic E-state index is -1.69. The molecule has 44 valence electrons. The maximum atomic E-state index is 11.4. The van der Waals surface area contributed by atoms with E-state index in [4.69, 9.17) is 5.26 Å². The summed E-state index contributed by atoms with van der Waals surface area (Å²) in [6.07, 6.45) is 0. The molecule has 0 fully saturated rings. The fraction of sp³-hybridized carbons (Fsp3) is 0.250. The smallest absolute Gasteiger partial charge is 0.234 e. The van der Waals surface area contributed by atoms with Gasteiger partial charge in [-0.05, 0) is 0 Å². The third-order valence-electron chi connectivity index (χ3n) is 0.454. The van der Waals surface area contributed by atoms with Crippen molar-refractivity contribution in [3.05, 3.63) is 11.7 Å². The summed E-state index contributed by atoms with van der Waals surface area (Å²) in [6, 6.07) is 0.814. The molecule has 0 aliphatic rings. The third-order valence-corrected chi connectivity index (χ3v) is 0.454. The molecule has 0 radical (unpaired) electrons. The maximum Gasteiger partial charge on any atom is 0.234 e. The zero-order valence-electron chi connectivity index (χ0n) is 3.79. The van der Waals surface area contributed by atoms with Crippen LogP contribution in [-0.2, 0) is 0 Å². The molecule has 1 nitrogen and oxygen atoms in total. The number of nitrogens with zero attached hydrogens (tertiary/aromatic N) is 1. The van der Waals surface area contributed by atoms with Crippen molar-refractivity contribution in [1.29, 1.82) is 5.26 Å². The van der Waals surface area contributed by atoms with E-state index in [0.29, 0.717) is 0 Å². The second kappa shape index (κ2) is 3.08. The van der Waals surface area contributed by atoms with Crippen molar-refractivity contribution >= 4 is 0 Å². The van der Waals surface area contributed by atoms with Crippen LogP contribution in [0.1, 0.15) is 0 Å². The summed E-state index contributed by atoms with van der Waals surface area (Å²) in [5, 5.41) is 7.55. The Balaban J connectivity index is 4.10. The lowest BCUT2D eigenvalue weighted by Crippen LogP contribution is -1.78. The maximum absolute atomic E-state index is 11.4. The molecule has 0 spiro atoms. The summed E-state index contributed by atoms with van der Waals surface area (Å²) in [5.74, 6) is -3.33. The first-order chi connectivity index (χ1) is 3.72. The van der Waals surface area contributed by atoms with Gasteiger partial charge in [-0.1, -0.05) is 0 Å². The number of hydrogen-bond acceptors (Lipinski definition) is 1. The zero-order valence-corrected chi connectivity index (χ0v) is 3.79. The van der Waals surface area contributed by atoms with Crippen LogP contribution in [0, 0.1) is 11.3 Å². The van der Waals surface area contributed by atoms with E-state index in [2.05, 4.69) is 0 Å². The van der Waals surface area contributed by atoms with E-state index in [1.165, 1.54) is 0 Å². The Kier molecular flexibility index (Phi) is 2.70. The van der Waals surface area contributed by atoms with Gasteiger partial charge in [-0.3, -0.25) is 0 Å². The minimum Gasteiger partial charge on any atom is -0.243 e. The molecule has 0 aliphatic heterocycles. The molecular formula is C4H2F3N. The highest BCUT2D eigenvalue weighted by Crippen LogP contribution is 2.05.